The zero-order valence-electron chi connectivity index (χ0n) is 17.0. The lowest BCUT2D eigenvalue weighted by molar-refractivity contribution is -0.897. The molecule has 1 heterocycles. The van der Waals surface area contributed by atoms with Crippen molar-refractivity contribution in [3.05, 3.63) is 65.2 Å². The number of quaternary nitrogens is 1. The van der Waals surface area contributed by atoms with Crippen molar-refractivity contribution in [1.29, 1.82) is 0 Å². The number of likely N-dealkylation sites (tertiary alicyclic amines) is 1. The van der Waals surface area contributed by atoms with E-state index < -0.39 is 0 Å². The van der Waals surface area contributed by atoms with Gasteiger partial charge in [0.1, 0.15) is 0 Å². The molecule has 0 radical (unpaired) electrons. The molecule has 29 heavy (non-hydrogen) atoms. The van der Waals surface area contributed by atoms with Crippen LogP contribution in [0.3, 0.4) is 0 Å². The van der Waals surface area contributed by atoms with Crippen molar-refractivity contribution in [2.45, 2.75) is 32.7 Å². The molecule has 0 bridgehead atoms. The van der Waals surface area contributed by atoms with Crippen LogP contribution in [0.4, 0.5) is 5.69 Å². The minimum Gasteiger partial charge on any atom is -0.349 e. The highest BCUT2D eigenvalue weighted by atomic mass is 16.2. The summed E-state index contributed by atoms with van der Waals surface area (Å²) in [6.45, 7) is 5.54. The molecule has 3 N–H and O–H groups in total. The molecular formula is C23H28N3O3+. The second-order valence-electron chi connectivity index (χ2n) is 7.67. The van der Waals surface area contributed by atoms with E-state index >= 15 is 0 Å². The Morgan fingerprint density at radius 2 is 1.66 bits per heavy atom. The molecule has 0 unspecified atom stereocenters. The normalized spacial score (nSPS) is 18.7. The molecule has 2 aromatic rings. The highest BCUT2D eigenvalue weighted by molar-refractivity contribution is 5.96. The van der Waals surface area contributed by atoms with Crippen molar-refractivity contribution in [2.24, 2.45) is 0 Å². The van der Waals surface area contributed by atoms with Crippen molar-refractivity contribution in [2.75, 3.05) is 25.0 Å². The molecule has 0 atom stereocenters. The fraction of sp³-hybridized carbons (Fsp3) is 0.348. The molecule has 6 heteroatoms. The summed E-state index contributed by atoms with van der Waals surface area (Å²) in [5.74, 6) is -0.0639. The third-order valence-electron chi connectivity index (χ3n) is 5.40. The van der Waals surface area contributed by atoms with Gasteiger partial charge in [-0.1, -0.05) is 18.2 Å². The summed E-state index contributed by atoms with van der Waals surface area (Å²) in [5, 5.41) is 6.01. The van der Waals surface area contributed by atoms with Crippen molar-refractivity contribution >= 4 is 23.3 Å². The van der Waals surface area contributed by atoms with E-state index in [0.29, 0.717) is 17.8 Å². The maximum absolute atomic E-state index is 12.5. The number of benzene rings is 2. The number of carbonyl (C=O) groups excluding carboxylic acids is 3. The maximum atomic E-state index is 12.5. The fourth-order valence-corrected chi connectivity index (χ4v) is 3.66. The number of nitrogens with one attached hydrogen (secondary N) is 3. The van der Waals surface area contributed by atoms with Gasteiger partial charge in [0.2, 0.25) is 0 Å². The summed E-state index contributed by atoms with van der Waals surface area (Å²) >= 11 is 0. The van der Waals surface area contributed by atoms with Crippen LogP contribution in [-0.2, 0) is 4.79 Å². The Bertz CT molecular complexity index is 884. The summed E-state index contributed by atoms with van der Waals surface area (Å²) in [6, 6.07) is 14.7. The van der Waals surface area contributed by atoms with Crippen LogP contribution in [-0.4, -0.2) is 43.3 Å². The zero-order chi connectivity index (χ0) is 20.8. The average molecular weight is 394 g/mol. The molecule has 0 saturated carbocycles. The molecule has 1 fully saturated rings. The van der Waals surface area contributed by atoms with E-state index in [2.05, 4.69) is 10.6 Å². The number of Topliss-reactive ketones (excluding diaryl/α,β-unsaturated/α-hetero) is 1. The number of anilines is 1. The molecule has 2 amide bonds. The summed E-state index contributed by atoms with van der Waals surface area (Å²) in [5.41, 5.74) is 3.02. The average Bonchev–Trinajstić information content (AvgIpc) is 2.70. The van der Waals surface area contributed by atoms with Crippen LogP contribution >= 0.6 is 0 Å². The van der Waals surface area contributed by atoms with E-state index in [-0.39, 0.29) is 23.6 Å². The summed E-state index contributed by atoms with van der Waals surface area (Å²) < 4.78 is 0. The van der Waals surface area contributed by atoms with Crippen LogP contribution in [0.25, 0.3) is 0 Å². The van der Waals surface area contributed by atoms with Crippen molar-refractivity contribution in [3.63, 3.8) is 0 Å². The minimum atomic E-state index is -0.0435. The number of ketones is 1. The van der Waals surface area contributed by atoms with Gasteiger partial charge >= 0.3 is 0 Å². The predicted octanol–water partition coefficient (Wildman–Crippen LogP) is 1.61. The van der Waals surface area contributed by atoms with Crippen LogP contribution in [0.5, 0.6) is 0 Å². The topological polar surface area (TPSA) is 79.7 Å². The van der Waals surface area contributed by atoms with Gasteiger partial charge in [-0.2, -0.15) is 0 Å². The van der Waals surface area contributed by atoms with E-state index in [1.807, 2.05) is 31.2 Å². The van der Waals surface area contributed by atoms with Crippen LogP contribution < -0.4 is 15.5 Å². The lowest BCUT2D eigenvalue weighted by Crippen LogP contribution is -3.14. The van der Waals surface area contributed by atoms with Gasteiger partial charge in [-0.15, -0.1) is 0 Å². The first-order valence-electron chi connectivity index (χ1n) is 10.0. The first-order chi connectivity index (χ1) is 13.9. The molecule has 2 aromatic carbocycles. The quantitative estimate of drug-likeness (QED) is 0.652. The van der Waals surface area contributed by atoms with Crippen LogP contribution in [0, 0.1) is 6.92 Å². The Morgan fingerprint density at radius 1 is 1.00 bits per heavy atom. The largest absolute Gasteiger partial charge is 0.349 e. The Morgan fingerprint density at radius 3 is 2.28 bits per heavy atom. The second kappa shape index (κ2) is 9.47. The molecule has 0 aromatic heterocycles. The van der Waals surface area contributed by atoms with Gasteiger partial charge in [0.25, 0.3) is 11.8 Å². The first-order valence-corrected chi connectivity index (χ1v) is 10.0. The number of piperidine rings is 1. The summed E-state index contributed by atoms with van der Waals surface area (Å²) in [6.07, 6.45) is 1.71. The van der Waals surface area contributed by atoms with Gasteiger partial charge in [-0.25, -0.2) is 0 Å². The standard InChI is InChI=1S/C23H27N3O3/c1-16-5-3-4-6-21(16)23(29)25-20-11-13-26(14-12-20)15-22(28)24-19-9-7-18(8-10-19)17(2)27/h3-10,20H,11-15H2,1-2H3,(H,24,28)(H,25,29)/p+1. The Hall–Kier alpha value is -2.99. The molecule has 3 rings (SSSR count). The van der Waals surface area contributed by atoms with Gasteiger partial charge in [0.15, 0.2) is 12.3 Å². The number of hydrogen-bond acceptors (Lipinski definition) is 3. The molecule has 0 spiro atoms. The van der Waals surface area contributed by atoms with E-state index in [1.165, 1.54) is 11.8 Å². The Labute approximate surface area is 171 Å². The number of carbonyl (C=O) groups is 3. The Kier molecular flexibility index (Phi) is 6.77. The van der Waals surface area contributed by atoms with Crippen molar-refractivity contribution in [3.8, 4) is 0 Å². The molecule has 6 nitrogen and oxygen atoms in total. The molecule has 152 valence electrons. The lowest BCUT2D eigenvalue weighted by Gasteiger charge is -2.29. The number of hydrogen-bond donors (Lipinski definition) is 3. The van der Waals surface area contributed by atoms with E-state index in [4.69, 9.17) is 0 Å². The predicted molar refractivity (Wildman–Crippen MR) is 112 cm³/mol. The number of amides is 2. The van der Waals surface area contributed by atoms with E-state index in [9.17, 15) is 14.4 Å². The number of rotatable bonds is 6. The van der Waals surface area contributed by atoms with Crippen molar-refractivity contribution in [1.82, 2.24) is 5.32 Å². The van der Waals surface area contributed by atoms with Gasteiger partial charge in [0.05, 0.1) is 13.1 Å². The van der Waals surface area contributed by atoms with Crippen molar-refractivity contribution < 1.29 is 19.3 Å². The molecule has 0 aliphatic carbocycles. The van der Waals surface area contributed by atoms with E-state index in [1.54, 1.807) is 24.3 Å². The summed E-state index contributed by atoms with van der Waals surface area (Å²) in [4.78, 5) is 37.3. The summed E-state index contributed by atoms with van der Waals surface area (Å²) in [7, 11) is 0. The number of aryl methyl sites for hydroxylation is 1. The van der Waals surface area contributed by atoms with Gasteiger partial charge in [-0.3, -0.25) is 14.4 Å². The highest BCUT2D eigenvalue weighted by Gasteiger charge is 2.25. The van der Waals surface area contributed by atoms with Crippen LogP contribution in [0.2, 0.25) is 0 Å². The molecule has 1 saturated heterocycles. The maximum Gasteiger partial charge on any atom is 0.279 e. The van der Waals surface area contributed by atoms with Crippen LogP contribution in [0.1, 0.15) is 46.0 Å². The molecule has 1 aliphatic heterocycles. The fourth-order valence-electron chi connectivity index (χ4n) is 3.66. The highest BCUT2D eigenvalue weighted by Crippen LogP contribution is 2.10. The minimum absolute atomic E-state index is 0.00436. The Balaban J connectivity index is 1.43. The first kappa shape index (κ1) is 20.7. The zero-order valence-corrected chi connectivity index (χ0v) is 17.0. The lowest BCUT2D eigenvalue weighted by atomic mass is 10.0. The second-order valence-corrected chi connectivity index (χ2v) is 7.67. The molecule has 1 aliphatic rings. The van der Waals surface area contributed by atoms with Crippen LogP contribution in [0.15, 0.2) is 48.5 Å². The monoisotopic (exact) mass is 394 g/mol. The van der Waals surface area contributed by atoms with Gasteiger partial charge in [-0.05, 0) is 49.7 Å². The third kappa shape index (κ3) is 5.74. The van der Waals surface area contributed by atoms with E-state index in [0.717, 1.165) is 37.1 Å². The van der Waals surface area contributed by atoms with Gasteiger partial charge < -0.3 is 15.5 Å². The smallest absolute Gasteiger partial charge is 0.279 e. The molecular weight excluding hydrogens is 366 g/mol. The SMILES string of the molecule is CC(=O)c1ccc(NC(=O)C[NH+]2CCC(NC(=O)c3ccccc3C)CC2)cc1. The van der Waals surface area contributed by atoms with Gasteiger partial charge in [0, 0.05) is 35.7 Å². The third-order valence-corrected chi connectivity index (χ3v) is 5.40.